The topological polar surface area (TPSA) is 83.6 Å². The lowest BCUT2D eigenvalue weighted by molar-refractivity contribution is -0.116. The molecule has 7 heteroatoms. The summed E-state index contributed by atoms with van der Waals surface area (Å²) < 4.78 is 0. The number of pyridine rings is 2. The second-order valence-electron chi connectivity index (χ2n) is 4.47. The minimum Gasteiger partial charge on any atom is -0.341 e. The minimum atomic E-state index is -0.127. The smallest absolute Gasteiger partial charge is 0.225 e. The van der Waals surface area contributed by atoms with Crippen molar-refractivity contribution >= 4 is 34.5 Å². The number of amides is 1. The number of carbonyl (C=O) groups is 1. The van der Waals surface area contributed by atoms with Crippen molar-refractivity contribution in [1.82, 2.24) is 19.9 Å². The van der Waals surface area contributed by atoms with Gasteiger partial charge in [0.25, 0.3) is 0 Å². The Morgan fingerprint density at radius 2 is 2.19 bits per heavy atom. The molecule has 0 radical (unpaired) electrons. The molecule has 0 spiro atoms. The molecule has 3 aromatic rings. The summed E-state index contributed by atoms with van der Waals surface area (Å²) in [7, 11) is 0. The number of nitrogens with zero attached hydrogens (tertiary/aromatic N) is 3. The molecule has 0 fully saturated rings. The van der Waals surface area contributed by atoms with Gasteiger partial charge in [0.05, 0.1) is 10.5 Å². The maximum atomic E-state index is 11.8. The summed E-state index contributed by atoms with van der Waals surface area (Å²) in [4.78, 5) is 27.5. The zero-order chi connectivity index (χ0) is 14.7. The lowest BCUT2D eigenvalue weighted by Gasteiger charge is -2.03. The molecule has 0 atom stereocenters. The molecule has 0 bridgehead atoms. The van der Waals surface area contributed by atoms with E-state index in [1.54, 1.807) is 18.3 Å². The fraction of sp³-hybridized carbons (Fsp3) is 0.143. The maximum Gasteiger partial charge on any atom is 0.225 e. The molecule has 3 heterocycles. The molecule has 0 saturated carbocycles. The van der Waals surface area contributed by atoms with Gasteiger partial charge in [0, 0.05) is 25.2 Å². The van der Waals surface area contributed by atoms with Crippen LogP contribution in [0.15, 0.2) is 36.7 Å². The first-order valence-corrected chi connectivity index (χ1v) is 6.79. The van der Waals surface area contributed by atoms with Gasteiger partial charge < -0.3 is 10.3 Å². The molecular formula is C14H12ClN5O. The molecule has 0 aliphatic carbocycles. The number of rotatable bonds is 4. The maximum absolute atomic E-state index is 11.8. The molecule has 0 saturated heterocycles. The quantitative estimate of drug-likeness (QED) is 0.776. The summed E-state index contributed by atoms with van der Waals surface area (Å²) in [5.41, 5.74) is 1.53. The van der Waals surface area contributed by atoms with Crippen molar-refractivity contribution in [2.75, 3.05) is 5.32 Å². The van der Waals surface area contributed by atoms with E-state index in [9.17, 15) is 4.79 Å². The van der Waals surface area contributed by atoms with Gasteiger partial charge >= 0.3 is 0 Å². The van der Waals surface area contributed by atoms with Crippen LogP contribution in [0.25, 0.3) is 11.2 Å². The van der Waals surface area contributed by atoms with E-state index >= 15 is 0 Å². The molecule has 0 aliphatic heterocycles. The molecule has 3 rings (SSSR count). The van der Waals surface area contributed by atoms with Crippen molar-refractivity contribution in [1.29, 1.82) is 0 Å². The van der Waals surface area contributed by atoms with Crippen LogP contribution in [0, 0.1) is 0 Å². The Morgan fingerprint density at radius 1 is 1.29 bits per heavy atom. The van der Waals surface area contributed by atoms with Crippen molar-refractivity contribution in [3.05, 3.63) is 47.5 Å². The Hall–Kier alpha value is -2.47. The highest BCUT2D eigenvalue weighted by Gasteiger charge is 2.07. The summed E-state index contributed by atoms with van der Waals surface area (Å²) in [5, 5.41) is 3.24. The average molecular weight is 302 g/mol. The predicted molar refractivity (Wildman–Crippen MR) is 80.1 cm³/mol. The first-order chi connectivity index (χ1) is 10.2. The Labute approximate surface area is 125 Å². The van der Waals surface area contributed by atoms with Crippen LogP contribution < -0.4 is 5.32 Å². The van der Waals surface area contributed by atoms with E-state index in [-0.39, 0.29) is 5.91 Å². The van der Waals surface area contributed by atoms with Crippen LogP contribution in [0.1, 0.15) is 12.2 Å². The first kappa shape index (κ1) is 13.5. The van der Waals surface area contributed by atoms with E-state index < -0.39 is 0 Å². The summed E-state index contributed by atoms with van der Waals surface area (Å²) in [6.07, 6.45) is 3.99. The Kier molecular flexibility index (Phi) is 3.79. The van der Waals surface area contributed by atoms with Crippen LogP contribution in [0.5, 0.6) is 0 Å². The van der Waals surface area contributed by atoms with Gasteiger partial charge in [-0.15, -0.1) is 0 Å². The third-order valence-corrected chi connectivity index (χ3v) is 3.11. The molecule has 0 aromatic carbocycles. The van der Waals surface area contributed by atoms with Crippen molar-refractivity contribution in [3.8, 4) is 0 Å². The van der Waals surface area contributed by atoms with Gasteiger partial charge in [0.1, 0.15) is 11.6 Å². The number of hydrogen-bond acceptors (Lipinski definition) is 4. The number of imidazole rings is 1. The van der Waals surface area contributed by atoms with Gasteiger partial charge in [-0.2, -0.15) is 0 Å². The van der Waals surface area contributed by atoms with Crippen molar-refractivity contribution in [3.63, 3.8) is 0 Å². The van der Waals surface area contributed by atoms with Gasteiger partial charge in [-0.25, -0.2) is 15.0 Å². The van der Waals surface area contributed by atoms with E-state index in [0.717, 1.165) is 11.3 Å². The molecule has 6 nitrogen and oxygen atoms in total. The number of hydrogen-bond donors (Lipinski definition) is 2. The number of aromatic nitrogens is 4. The molecule has 106 valence electrons. The molecule has 3 aromatic heterocycles. The Morgan fingerprint density at radius 3 is 2.95 bits per heavy atom. The van der Waals surface area contributed by atoms with E-state index in [4.69, 9.17) is 11.6 Å². The largest absolute Gasteiger partial charge is 0.341 e. The lowest BCUT2D eigenvalue weighted by Crippen LogP contribution is -2.13. The number of carbonyl (C=O) groups excluding carboxylic acids is 1. The molecule has 2 N–H and O–H groups in total. The van der Waals surface area contributed by atoms with Gasteiger partial charge in [0.2, 0.25) is 5.91 Å². The van der Waals surface area contributed by atoms with E-state index in [2.05, 4.69) is 25.3 Å². The Balaban J connectivity index is 1.59. The van der Waals surface area contributed by atoms with E-state index in [0.29, 0.717) is 29.3 Å². The van der Waals surface area contributed by atoms with E-state index in [1.807, 2.05) is 12.1 Å². The van der Waals surface area contributed by atoms with Crippen LogP contribution in [-0.4, -0.2) is 25.8 Å². The highest BCUT2D eigenvalue weighted by molar-refractivity contribution is 6.30. The number of aromatic amines is 1. The number of fused-ring (bicyclic) bond motifs is 1. The summed E-state index contributed by atoms with van der Waals surface area (Å²) in [6, 6.07) is 7.07. The normalized spacial score (nSPS) is 10.7. The molecule has 0 unspecified atom stereocenters. The zero-order valence-corrected chi connectivity index (χ0v) is 11.8. The van der Waals surface area contributed by atoms with Crippen LogP contribution in [0.4, 0.5) is 5.82 Å². The second kappa shape index (κ2) is 5.88. The minimum absolute atomic E-state index is 0.127. The Bertz CT molecular complexity index is 735. The number of nitrogens with one attached hydrogen (secondary N) is 2. The van der Waals surface area contributed by atoms with Gasteiger partial charge in [-0.05, 0) is 24.3 Å². The summed E-state index contributed by atoms with van der Waals surface area (Å²) >= 11 is 5.73. The van der Waals surface area contributed by atoms with Crippen LogP contribution in [-0.2, 0) is 11.2 Å². The van der Waals surface area contributed by atoms with Crippen LogP contribution in [0.2, 0.25) is 5.02 Å². The van der Waals surface area contributed by atoms with Crippen molar-refractivity contribution in [2.45, 2.75) is 12.8 Å². The number of H-pyrrole nitrogens is 1. The molecule has 21 heavy (non-hydrogen) atoms. The fourth-order valence-electron chi connectivity index (χ4n) is 1.90. The molecule has 0 aliphatic rings. The third kappa shape index (κ3) is 3.35. The molecular weight excluding hydrogens is 290 g/mol. The van der Waals surface area contributed by atoms with Crippen LogP contribution in [0.3, 0.4) is 0 Å². The van der Waals surface area contributed by atoms with Gasteiger partial charge in [-0.1, -0.05) is 11.6 Å². The average Bonchev–Trinajstić information content (AvgIpc) is 2.90. The van der Waals surface area contributed by atoms with Gasteiger partial charge in [0.15, 0.2) is 5.65 Å². The summed E-state index contributed by atoms with van der Waals surface area (Å²) in [5.74, 6) is 1.09. The third-order valence-electron chi connectivity index (χ3n) is 2.89. The van der Waals surface area contributed by atoms with Crippen LogP contribution >= 0.6 is 11.6 Å². The highest BCUT2D eigenvalue weighted by atomic mass is 35.5. The molecule has 1 amide bonds. The fourth-order valence-corrected chi connectivity index (χ4v) is 2.01. The second-order valence-corrected chi connectivity index (χ2v) is 4.90. The summed E-state index contributed by atoms with van der Waals surface area (Å²) in [6.45, 7) is 0. The first-order valence-electron chi connectivity index (χ1n) is 6.42. The lowest BCUT2D eigenvalue weighted by atomic mass is 10.3. The number of aryl methyl sites for hydroxylation is 1. The number of halogens is 1. The highest BCUT2D eigenvalue weighted by Crippen LogP contribution is 2.11. The van der Waals surface area contributed by atoms with Crippen molar-refractivity contribution < 1.29 is 4.79 Å². The zero-order valence-electron chi connectivity index (χ0n) is 11.0. The number of anilines is 1. The SMILES string of the molecule is O=C(CCc1nc2ncccc2[nH]1)Nc1ccc(Cl)cn1. The standard InChI is InChI=1S/C14H12ClN5O/c15-9-3-4-11(17-8-9)19-13(21)6-5-12-18-10-2-1-7-16-14(10)20-12/h1-4,7-8H,5-6H2,(H,16,18,20)(H,17,19,21). The predicted octanol–water partition coefficient (Wildman–Crippen LogP) is 2.58. The van der Waals surface area contributed by atoms with Crippen molar-refractivity contribution in [2.24, 2.45) is 0 Å². The van der Waals surface area contributed by atoms with Gasteiger partial charge in [-0.3, -0.25) is 4.79 Å². The van der Waals surface area contributed by atoms with E-state index in [1.165, 1.54) is 6.20 Å². The monoisotopic (exact) mass is 301 g/mol.